The van der Waals surface area contributed by atoms with Gasteiger partial charge in [0.25, 0.3) is 0 Å². The first-order valence-electron chi connectivity index (χ1n) is 7.94. The van der Waals surface area contributed by atoms with Crippen molar-refractivity contribution in [1.29, 1.82) is 0 Å². The van der Waals surface area contributed by atoms with E-state index in [9.17, 15) is 0 Å². The standard InChI is InChI=1S/C18H26N2O/c1-4-5-6-12-19-13-15(3)21-17-9-7-8-16-11-10-14(2)20-18(16)17/h7-11,15,19H,4-6,12-13H2,1-3H3. The highest BCUT2D eigenvalue weighted by Crippen LogP contribution is 2.24. The van der Waals surface area contributed by atoms with Crippen LogP contribution in [-0.2, 0) is 0 Å². The molecule has 2 aromatic rings. The van der Waals surface area contributed by atoms with E-state index < -0.39 is 0 Å². The second kappa shape index (κ2) is 7.99. The SMILES string of the molecule is CCCCCNCC(C)Oc1cccc2ccc(C)nc12. The van der Waals surface area contributed by atoms with Gasteiger partial charge in [-0.2, -0.15) is 0 Å². The number of hydrogen-bond acceptors (Lipinski definition) is 3. The molecule has 2 rings (SSSR count). The molecule has 0 aliphatic heterocycles. The highest BCUT2D eigenvalue weighted by atomic mass is 16.5. The topological polar surface area (TPSA) is 34.1 Å². The predicted molar refractivity (Wildman–Crippen MR) is 89.0 cm³/mol. The number of aryl methyl sites for hydroxylation is 1. The van der Waals surface area contributed by atoms with E-state index in [0.29, 0.717) is 0 Å². The third-order valence-electron chi connectivity index (χ3n) is 3.54. The Morgan fingerprint density at radius 1 is 1.19 bits per heavy atom. The van der Waals surface area contributed by atoms with Crippen molar-refractivity contribution in [3.63, 3.8) is 0 Å². The lowest BCUT2D eigenvalue weighted by atomic mass is 10.2. The van der Waals surface area contributed by atoms with Crippen LogP contribution in [0.2, 0.25) is 0 Å². The number of nitrogens with one attached hydrogen (secondary N) is 1. The van der Waals surface area contributed by atoms with Crippen molar-refractivity contribution < 1.29 is 4.74 Å². The Hall–Kier alpha value is -1.61. The number of aromatic nitrogens is 1. The fraction of sp³-hybridized carbons (Fsp3) is 0.500. The summed E-state index contributed by atoms with van der Waals surface area (Å²) < 4.78 is 6.06. The van der Waals surface area contributed by atoms with Gasteiger partial charge in [-0.15, -0.1) is 0 Å². The molecular formula is C18H26N2O. The Morgan fingerprint density at radius 3 is 2.86 bits per heavy atom. The van der Waals surface area contributed by atoms with Crippen molar-refractivity contribution in [3.8, 4) is 5.75 Å². The number of unbranched alkanes of at least 4 members (excludes halogenated alkanes) is 2. The molecule has 0 saturated carbocycles. The van der Waals surface area contributed by atoms with Crippen molar-refractivity contribution >= 4 is 10.9 Å². The third-order valence-corrected chi connectivity index (χ3v) is 3.54. The summed E-state index contributed by atoms with van der Waals surface area (Å²) in [7, 11) is 0. The monoisotopic (exact) mass is 286 g/mol. The lowest BCUT2D eigenvalue weighted by Crippen LogP contribution is -2.29. The molecule has 1 atom stereocenters. The van der Waals surface area contributed by atoms with Crippen LogP contribution in [0.15, 0.2) is 30.3 Å². The molecule has 1 aromatic heterocycles. The Labute approximate surface area is 127 Å². The van der Waals surface area contributed by atoms with Gasteiger partial charge in [-0.25, -0.2) is 4.98 Å². The molecule has 0 amide bonds. The van der Waals surface area contributed by atoms with Gasteiger partial charge in [0.05, 0.1) is 0 Å². The van der Waals surface area contributed by atoms with Crippen LogP contribution < -0.4 is 10.1 Å². The number of rotatable bonds is 8. The highest BCUT2D eigenvalue weighted by molar-refractivity contribution is 5.84. The number of fused-ring (bicyclic) bond motifs is 1. The molecule has 1 unspecified atom stereocenters. The molecule has 0 bridgehead atoms. The molecule has 0 radical (unpaired) electrons. The normalized spacial score (nSPS) is 12.5. The van der Waals surface area contributed by atoms with E-state index in [1.807, 2.05) is 25.1 Å². The summed E-state index contributed by atoms with van der Waals surface area (Å²) in [4.78, 5) is 4.60. The zero-order valence-electron chi connectivity index (χ0n) is 13.4. The van der Waals surface area contributed by atoms with Gasteiger partial charge in [0.2, 0.25) is 0 Å². The minimum Gasteiger partial charge on any atom is -0.487 e. The Balaban J connectivity index is 1.94. The number of hydrogen-bond donors (Lipinski definition) is 1. The molecule has 1 heterocycles. The summed E-state index contributed by atoms with van der Waals surface area (Å²) in [6.45, 7) is 8.26. The molecule has 0 spiro atoms. The molecular weight excluding hydrogens is 260 g/mol. The predicted octanol–water partition coefficient (Wildman–Crippen LogP) is 4.09. The van der Waals surface area contributed by atoms with Crippen molar-refractivity contribution in [2.24, 2.45) is 0 Å². The maximum Gasteiger partial charge on any atom is 0.146 e. The Bertz CT molecular complexity index is 568. The molecule has 114 valence electrons. The lowest BCUT2D eigenvalue weighted by molar-refractivity contribution is 0.219. The van der Waals surface area contributed by atoms with E-state index in [1.54, 1.807) is 0 Å². The molecule has 0 fully saturated rings. The van der Waals surface area contributed by atoms with Crippen LogP contribution in [0.4, 0.5) is 0 Å². The molecule has 3 heteroatoms. The first-order chi connectivity index (χ1) is 10.2. The molecule has 3 nitrogen and oxygen atoms in total. The molecule has 0 aliphatic rings. The summed E-state index contributed by atoms with van der Waals surface area (Å²) in [5, 5.41) is 4.58. The summed E-state index contributed by atoms with van der Waals surface area (Å²) in [5.74, 6) is 0.874. The summed E-state index contributed by atoms with van der Waals surface area (Å²) >= 11 is 0. The van der Waals surface area contributed by atoms with Gasteiger partial charge in [0, 0.05) is 17.6 Å². The third kappa shape index (κ3) is 4.71. The minimum atomic E-state index is 0.138. The fourth-order valence-electron chi connectivity index (χ4n) is 2.38. The first kappa shape index (κ1) is 15.8. The van der Waals surface area contributed by atoms with Gasteiger partial charge in [0.1, 0.15) is 17.4 Å². The van der Waals surface area contributed by atoms with E-state index in [1.165, 1.54) is 19.3 Å². The van der Waals surface area contributed by atoms with E-state index in [4.69, 9.17) is 4.74 Å². The van der Waals surface area contributed by atoms with Gasteiger partial charge in [-0.05, 0) is 38.9 Å². The van der Waals surface area contributed by atoms with Crippen molar-refractivity contribution in [1.82, 2.24) is 10.3 Å². The average Bonchev–Trinajstić information content (AvgIpc) is 2.48. The number of para-hydroxylation sites is 1. The molecule has 0 saturated heterocycles. The van der Waals surface area contributed by atoms with Crippen LogP contribution in [0.1, 0.15) is 38.8 Å². The van der Waals surface area contributed by atoms with Crippen LogP contribution in [0.3, 0.4) is 0 Å². The van der Waals surface area contributed by atoms with E-state index in [0.717, 1.165) is 35.4 Å². The van der Waals surface area contributed by atoms with Gasteiger partial charge < -0.3 is 10.1 Å². The van der Waals surface area contributed by atoms with Gasteiger partial charge in [0.15, 0.2) is 0 Å². The van der Waals surface area contributed by atoms with Crippen LogP contribution in [-0.4, -0.2) is 24.2 Å². The first-order valence-corrected chi connectivity index (χ1v) is 7.94. The van der Waals surface area contributed by atoms with Crippen LogP contribution >= 0.6 is 0 Å². The van der Waals surface area contributed by atoms with Crippen molar-refractivity contribution in [2.75, 3.05) is 13.1 Å². The number of nitrogens with zero attached hydrogens (tertiary/aromatic N) is 1. The van der Waals surface area contributed by atoms with Crippen molar-refractivity contribution in [3.05, 3.63) is 36.0 Å². The molecule has 0 aliphatic carbocycles. The summed E-state index contributed by atoms with van der Waals surface area (Å²) in [6.07, 6.45) is 3.92. The maximum atomic E-state index is 6.06. The largest absolute Gasteiger partial charge is 0.487 e. The van der Waals surface area contributed by atoms with E-state index in [-0.39, 0.29) is 6.10 Å². The van der Waals surface area contributed by atoms with Crippen LogP contribution in [0.25, 0.3) is 10.9 Å². The van der Waals surface area contributed by atoms with Crippen LogP contribution in [0, 0.1) is 6.92 Å². The zero-order chi connectivity index (χ0) is 15.1. The van der Waals surface area contributed by atoms with Gasteiger partial charge >= 0.3 is 0 Å². The highest BCUT2D eigenvalue weighted by Gasteiger charge is 2.08. The van der Waals surface area contributed by atoms with E-state index >= 15 is 0 Å². The Kier molecular flexibility index (Phi) is 6.00. The maximum absolute atomic E-state index is 6.06. The molecule has 21 heavy (non-hydrogen) atoms. The summed E-state index contributed by atoms with van der Waals surface area (Å²) in [5.41, 5.74) is 1.97. The molecule has 1 aromatic carbocycles. The average molecular weight is 286 g/mol. The minimum absolute atomic E-state index is 0.138. The quantitative estimate of drug-likeness (QED) is 0.742. The zero-order valence-corrected chi connectivity index (χ0v) is 13.4. The number of benzene rings is 1. The Morgan fingerprint density at radius 2 is 2.05 bits per heavy atom. The smallest absolute Gasteiger partial charge is 0.146 e. The van der Waals surface area contributed by atoms with Crippen LogP contribution in [0.5, 0.6) is 5.75 Å². The van der Waals surface area contributed by atoms with Crippen molar-refractivity contribution in [2.45, 2.75) is 46.1 Å². The second-order valence-corrected chi connectivity index (χ2v) is 5.62. The fourth-order valence-corrected chi connectivity index (χ4v) is 2.38. The lowest BCUT2D eigenvalue weighted by Gasteiger charge is -2.16. The molecule has 1 N–H and O–H groups in total. The second-order valence-electron chi connectivity index (χ2n) is 5.62. The number of ether oxygens (including phenoxy) is 1. The van der Waals surface area contributed by atoms with E-state index in [2.05, 4.69) is 36.3 Å². The summed E-state index contributed by atoms with van der Waals surface area (Å²) in [6, 6.07) is 10.2. The number of pyridine rings is 1. The van der Waals surface area contributed by atoms with Gasteiger partial charge in [-0.1, -0.05) is 38.0 Å². The van der Waals surface area contributed by atoms with Gasteiger partial charge in [-0.3, -0.25) is 0 Å².